The number of urea groups is 1. The fraction of sp³-hybridized carbons (Fsp3) is 0.571. The van der Waals surface area contributed by atoms with Gasteiger partial charge in [-0.25, -0.2) is 9.18 Å². The van der Waals surface area contributed by atoms with Crippen LogP contribution in [-0.2, 0) is 6.54 Å². The molecule has 2 amide bonds. The average molecular weight is 281 g/mol. The van der Waals surface area contributed by atoms with E-state index in [1.54, 1.807) is 0 Å². The van der Waals surface area contributed by atoms with Gasteiger partial charge in [-0.2, -0.15) is 0 Å². The number of nitrogens with zero attached hydrogens (tertiary/aromatic N) is 1. The Morgan fingerprint density at radius 2 is 2.45 bits per heavy atom. The number of hydrogen-bond acceptors (Lipinski definition) is 3. The summed E-state index contributed by atoms with van der Waals surface area (Å²) in [5.41, 5.74) is -0.0629. The maximum Gasteiger partial charge on any atom is 0.315 e. The maximum absolute atomic E-state index is 13.4. The van der Waals surface area contributed by atoms with Crippen molar-refractivity contribution in [2.45, 2.75) is 38.8 Å². The highest BCUT2D eigenvalue weighted by Crippen LogP contribution is 2.37. The molecular weight excluding hydrogens is 261 g/mol. The third kappa shape index (κ3) is 3.25. The van der Waals surface area contributed by atoms with Crippen LogP contribution >= 0.6 is 0 Å². The summed E-state index contributed by atoms with van der Waals surface area (Å²) in [4.78, 5) is 15.7. The Balaban J connectivity index is 1.86. The lowest BCUT2D eigenvalue weighted by Gasteiger charge is -2.30. The van der Waals surface area contributed by atoms with E-state index in [1.165, 1.54) is 18.3 Å². The number of aliphatic hydroxyl groups excluding tert-OH is 1. The molecule has 0 aliphatic heterocycles. The van der Waals surface area contributed by atoms with E-state index in [2.05, 4.69) is 15.6 Å². The first kappa shape index (κ1) is 14.7. The molecule has 1 aromatic rings. The smallest absolute Gasteiger partial charge is 0.315 e. The molecule has 1 aliphatic carbocycles. The average Bonchev–Trinajstić information content (AvgIpc) is 2.80. The first-order valence-corrected chi connectivity index (χ1v) is 6.80. The molecule has 0 radical (unpaired) electrons. The van der Waals surface area contributed by atoms with Crippen molar-refractivity contribution >= 4 is 6.03 Å². The van der Waals surface area contributed by atoms with Gasteiger partial charge in [0.05, 0.1) is 18.8 Å². The van der Waals surface area contributed by atoms with E-state index < -0.39 is 5.82 Å². The molecule has 1 aliphatic rings. The first-order chi connectivity index (χ1) is 9.55. The van der Waals surface area contributed by atoms with Crippen LogP contribution < -0.4 is 10.6 Å². The summed E-state index contributed by atoms with van der Waals surface area (Å²) in [6.07, 6.45) is 4.21. The minimum Gasteiger partial charge on any atom is -0.396 e. The van der Waals surface area contributed by atoms with E-state index in [-0.39, 0.29) is 36.3 Å². The van der Waals surface area contributed by atoms with Crippen molar-refractivity contribution in [2.24, 2.45) is 5.41 Å². The van der Waals surface area contributed by atoms with Crippen LogP contribution in [0.1, 0.15) is 31.9 Å². The Kier molecular flexibility index (Phi) is 4.54. The Hall–Kier alpha value is -1.69. The summed E-state index contributed by atoms with van der Waals surface area (Å²) in [6, 6.07) is 2.40. The normalized spacial score (nSPS) is 25.4. The van der Waals surface area contributed by atoms with Crippen LogP contribution in [0.3, 0.4) is 0 Å². The van der Waals surface area contributed by atoms with Crippen LogP contribution in [0, 0.1) is 11.2 Å². The zero-order valence-electron chi connectivity index (χ0n) is 11.5. The van der Waals surface area contributed by atoms with Crippen molar-refractivity contribution in [3.8, 4) is 0 Å². The van der Waals surface area contributed by atoms with Crippen molar-refractivity contribution < 1.29 is 14.3 Å². The molecule has 0 aromatic carbocycles. The van der Waals surface area contributed by atoms with Crippen LogP contribution in [0.5, 0.6) is 0 Å². The molecule has 0 bridgehead atoms. The van der Waals surface area contributed by atoms with Gasteiger partial charge < -0.3 is 15.7 Å². The van der Waals surface area contributed by atoms with Gasteiger partial charge in [-0.15, -0.1) is 0 Å². The molecule has 2 unspecified atom stereocenters. The fourth-order valence-corrected chi connectivity index (χ4v) is 2.59. The number of nitrogens with one attached hydrogen (secondary N) is 2. The number of aromatic nitrogens is 1. The lowest BCUT2D eigenvalue weighted by molar-refractivity contribution is 0.121. The van der Waals surface area contributed by atoms with Crippen molar-refractivity contribution in [3.63, 3.8) is 0 Å². The topological polar surface area (TPSA) is 74.2 Å². The highest BCUT2D eigenvalue weighted by molar-refractivity contribution is 5.74. The van der Waals surface area contributed by atoms with E-state index in [9.17, 15) is 14.3 Å². The number of aliphatic hydroxyl groups is 1. The minimum atomic E-state index is -0.436. The van der Waals surface area contributed by atoms with E-state index in [4.69, 9.17) is 0 Å². The Morgan fingerprint density at radius 1 is 1.65 bits per heavy atom. The summed E-state index contributed by atoms with van der Waals surface area (Å²) in [5, 5.41) is 14.9. The van der Waals surface area contributed by atoms with Gasteiger partial charge in [0.25, 0.3) is 0 Å². The first-order valence-electron chi connectivity index (χ1n) is 6.80. The lowest BCUT2D eigenvalue weighted by Crippen LogP contribution is -2.48. The molecular formula is C14H20FN3O2. The number of hydrogen-bond donors (Lipinski definition) is 3. The largest absolute Gasteiger partial charge is 0.396 e. The Bertz CT molecular complexity index is 483. The third-order valence-corrected chi connectivity index (χ3v) is 4.00. The Labute approximate surface area is 117 Å². The summed E-state index contributed by atoms with van der Waals surface area (Å²) in [5.74, 6) is -0.436. The van der Waals surface area contributed by atoms with Crippen molar-refractivity contribution in [1.82, 2.24) is 15.6 Å². The monoisotopic (exact) mass is 281 g/mol. The number of rotatable bonds is 4. The van der Waals surface area contributed by atoms with Gasteiger partial charge in [-0.1, -0.05) is 13.3 Å². The number of halogens is 1. The molecule has 3 N–H and O–H groups in total. The van der Waals surface area contributed by atoms with Gasteiger partial charge in [0.15, 0.2) is 0 Å². The van der Waals surface area contributed by atoms with Crippen LogP contribution in [0.2, 0.25) is 0 Å². The highest BCUT2D eigenvalue weighted by Gasteiger charge is 2.39. The molecule has 5 nitrogen and oxygen atoms in total. The second kappa shape index (κ2) is 6.17. The number of carbonyl (C=O) groups is 1. The van der Waals surface area contributed by atoms with Crippen LogP contribution in [-0.4, -0.2) is 28.8 Å². The Morgan fingerprint density at radius 3 is 3.15 bits per heavy atom. The van der Waals surface area contributed by atoms with Crippen LogP contribution in [0.25, 0.3) is 0 Å². The summed E-state index contributed by atoms with van der Waals surface area (Å²) in [6.45, 7) is 2.05. The van der Waals surface area contributed by atoms with Gasteiger partial charge in [-0.3, -0.25) is 4.98 Å². The predicted molar refractivity (Wildman–Crippen MR) is 72.4 cm³/mol. The summed E-state index contributed by atoms with van der Waals surface area (Å²) >= 11 is 0. The molecule has 1 heterocycles. The quantitative estimate of drug-likeness (QED) is 0.784. The molecule has 2 atom stereocenters. The van der Waals surface area contributed by atoms with E-state index >= 15 is 0 Å². The molecule has 20 heavy (non-hydrogen) atoms. The second-order valence-electron chi connectivity index (χ2n) is 5.52. The SMILES string of the molecule is CC1(CO)CCCC1NC(=O)NCc1ncccc1F. The third-order valence-electron chi connectivity index (χ3n) is 4.00. The van der Waals surface area contributed by atoms with Crippen molar-refractivity contribution in [3.05, 3.63) is 29.8 Å². The zero-order chi connectivity index (χ0) is 14.6. The van der Waals surface area contributed by atoms with Crippen LogP contribution in [0.15, 0.2) is 18.3 Å². The molecule has 1 aromatic heterocycles. The minimum absolute atomic E-state index is 0.0427. The van der Waals surface area contributed by atoms with Gasteiger partial charge in [0.2, 0.25) is 0 Å². The summed E-state index contributed by atoms with van der Waals surface area (Å²) in [7, 11) is 0. The summed E-state index contributed by atoms with van der Waals surface area (Å²) < 4.78 is 13.4. The van der Waals surface area contributed by atoms with Crippen molar-refractivity contribution in [2.75, 3.05) is 6.61 Å². The highest BCUT2D eigenvalue weighted by atomic mass is 19.1. The lowest BCUT2D eigenvalue weighted by atomic mass is 9.86. The molecule has 1 fully saturated rings. The van der Waals surface area contributed by atoms with Gasteiger partial charge in [-0.05, 0) is 25.0 Å². The fourth-order valence-electron chi connectivity index (χ4n) is 2.59. The predicted octanol–water partition coefficient (Wildman–Crippen LogP) is 1.57. The maximum atomic E-state index is 13.4. The molecule has 2 rings (SSSR count). The van der Waals surface area contributed by atoms with E-state index in [1.807, 2.05) is 6.92 Å². The van der Waals surface area contributed by atoms with E-state index in [0.29, 0.717) is 0 Å². The number of pyridine rings is 1. The second-order valence-corrected chi connectivity index (χ2v) is 5.52. The molecule has 110 valence electrons. The number of amides is 2. The molecule has 0 spiro atoms. The molecule has 0 saturated heterocycles. The van der Waals surface area contributed by atoms with Crippen molar-refractivity contribution in [1.29, 1.82) is 0 Å². The van der Waals surface area contributed by atoms with Crippen LogP contribution in [0.4, 0.5) is 9.18 Å². The van der Waals surface area contributed by atoms with Gasteiger partial charge in [0.1, 0.15) is 5.82 Å². The van der Waals surface area contributed by atoms with E-state index in [0.717, 1.165) is 19.3 Å². The molecule has 6 heteroatoms. The zero-order valence-corrected chi connectivity index (χ0v) is 11.5. The number of carbonyl (C=O) groups excluding carboxylic acids is 1. The molecule has 1 saturated carbocycles. The van der Waals surface area contributed by atoms with Gasteiger partial charge in [0, 0.05) is 17.7 Å². The van der Waals surface area contributed by atoms with Gasteiger partial charge >= 0.3 is 6.03 Å². The standard InChI is InChI=1S/C14H20FN3O2/c1-14(9-19)6-2-5-12(14)18-13(20)17-8-11-10(15)4-3-7-16-11/h3-4,7,12,19H,2,5-6,8-9H2,1H3,(H2,17,18,20).